The van der Waals surface area contributed by atoms with E-state index in [1.807, 2.05) is 19.3 Å². The fourth-order valence-corrected chi connectivity index (χ4v) is 1.06. The Morgan fingerprint density at radius 3 is 2.42 bits per heavy atom. The number of nitrogens with one attached hydrogen (secondary N) is 1. The van der Waals surface area contributed by atoms with Gasteiger partial charge in [0, 0.05) is 17.9 Å². The summed E-state index contributed by atoms with van der Waals surface area (Å²) in [6.45, 7) is 8.45. The highest BCUT2D eigenvalue weighted by Gasteiger charge is 2.08. The quantitative estimate of drug-likeness (QED) is 0.690. The molecule has 1 N–H and O–H groups in total. The average molecular weight is 164 g/mol. The highest BCUT2D eigenvalue weighted by atomic mass is 15.0. The molecule has 0 aromatic carbocycles. The van der Waals surface area contributed by atoms with Gasteiger partial charge in [-0.2, -0.15) is 0 Å². The molecule has 0 saturated carbocycles. The van der Waals surface area contributed by atoms with E-state index >= 15 is 0 Å². The normalized spacial score (nSPS) is 11.3. The minimum absolute atomic E-state index is 0.107. The molecule has 0 amide bonds. The van der Waals surface area contributed by atoms with Crippen LogP contribution < -0.4 is 5.32 Å². The van der Waals surface area contributed by atoms with Crippen LogP contribution >= 0.6 is 0 Å². The predicted molar refractivity (Wildman–Crippen MR) is 52.3 cm³/mol. The molecule has 0 fully saturated rings. The average Bonchev–Trinajstić information content (AvgIpc) is 1.82. The summed E-state index contributed by atoms with van der Waals surface area (Å²) < 4.78 is 0. The SMILES string of the molecule is Cc1cncc(NC(C)(C)C)c1. The molecule has 0 aliphatic rings. The van der Waals surface area contributed by atoms with Gasteiger partial charge in [0.05, 0.1) is 5.69 Å². The number of rotatable bonds is 1. The summed E-state index contributed by atoms with van der Waals surface area (Å²) in [7, 11) is 0. The molecule has 0 bridgehead atoms. The molecule has 0 aliphatic heterocycles. The summed E-state index contributed by atoms with van der Waals surface area (Å²) in [5, 5.41) is 3.36. The Morgan fingerprint density at radius 1 is 1.25 bits per heavy atom. The summed E-state index contributed by atoms with van der Waals surface area (Å²) >= 11 is 0. The van der Waals surface area contributed by atoms with Crippen molar-refractivity contribution >= 4 is 5.69 Å². The molecule has 0 radical (unpaired) electrons. The van der Waals surface area contributed by atoms with Gasteiger partial charge in [-0.15, -0.1) is 0 Å². The summed E-state index contributed by atoms with van der Waals surface area (Å²) in [5.41, 5.74) is 2.38. The Labute approximate surface area is 74.0 Å². The molecule has 0 saturated heterocycles. The first kappa shape index (κ1) is 9.04. The minimum atomic E-state index is 0.107. The zero-order valence-electron chi connectivity index (χ0n) is 8.18. The van der Waals surface area contributed by atoms with Crippen LogP contribution in [0.4, 0.5) is 5.69 Å². The second-order valence-corrected chi connectivity index (χ2v) is 4.13. The first-order valence-electron chi connectivity index (χ1n) is 4.17. The smallest absolute Gasteiger partial charge is 0.0533 e. The summed E-state index contributed by atoms with van der Waals surface area (Å²) in [6.07, 6.45) is 3.70. The molecule has 1 aromatic rings. The molecular formula is C10H16N2. The fourth-order valence-electron chi connectivity index (χ4n) is 1.06. The predicted octanol–water partition coefficient (Wildman–Crippen LogP) is 2.60. The van der Waals surface area contributed by atoms with Gasteiger partial charge in [-0.25, -0.2) is 0 Å². The van der Waals surface area contributed by atoms with Crippen LogP contribution in [0.15, 0.2) is 18.5 Å². The Kier molecular flexibility index (Phi) is 2.36. The molecule has 0 spiro atoms. The lowest BCUT2D eigenvalue weighted by Crippen LogP contribution is -2.26. The Morgan fingerprint density at radius 2 is 1.92 bits per heavy atom. The first-order valence-corrected chi connectivity index (χ1v) is 4.17. The van der Waals surface area contributed by atoms with Crippen molar-refractivity contribution in [2.24, 2.45) is 0 Å². The van der Waals surface area contributed by atoms with Gasteiger partial charge in [-0.3, -0.25) is 4.98 Å². The second-order valence-electron chi connectivity index (χ2n) is 4.13. The summed E-state index contributed by atoms with van der Waals surface area (Å²) in [5.74, 6) is 0. The van der Waals surface area contributed by atoms with Crippen molar-refractivity contribution in [3.63, 3.8) is 0 Å². The monoisotopic (exact) mass is 164 g/mol. The van der Waals surface area contributed by atoms with Crippen LogP contribution in [-0.2, 0) is 0 Å². The second kappa shape index (κ2) is 3.13. The highest BCUT2D eigenvalue weighted by Crippen LogP contribution is 2.13. The molecule has 66 valence electrons. The molecule has 2 nitrogen and oxygen atoms in total. The molecular weight excluding hydrogens is 148 g/mol. The lowest BCUT2D eigenvalue weighted by atomic mass is 10.1. The van der Waals surface area contributed by atoms with E-state index in [2.05, 4.69) is 37.1 Å². The topological polar surface area (TPSA) is 24.9 Å². The third-order valence-electron chi connectivity index (χ3n) is 1.39. The van der Waals surface area contributed by atoms with Crippen LogP contribution in [0.25, 0.3) is 0 Å². The third kappa shape index (κ3) is 2.91. The number of hydrogen-bond acceptors (Lipinski definition) is 2. The van der Waals surface area contributed by atoms with E-state index in [4.69, 9.17) is 0 Å². The number of pyridine rings is 1. The number of aryl methyl sites for hydroxylation is 1. The van der Waals surface area contributed by atoms with Gasteiger partial charge in [0.2, 0.25) is 0 Å². The zero-order valence-corrected chi connectivity index (χ0v) is 8.18. The van der Waals surface area contributed by atoms with E-state index in [-0.39, 0.29) is 5.54 Å². The maximum absolute atomic E-state index is 4.11. The van der Waals surface area contributed by atoms with Crippen molar-refractivity contribution < 1.29 is 0 Å². The number of anilines is 1. The van der Waals surface area contributed by atoms with Crippen LogP contribution in [0.2, 0.25) is 0 Å². The highest BCUT2D eigenvalue weighted by molar-refractivity contribution is 5.44. The van der Waals surface area contributed by atoms with Gasteiger partial charge in [-0.1, -0.05) is 0 Å². The van der Waals surface area contributed by atoms with Crippen molar-refractivity contribution in [2.45, 2.75) is 33.2 Å². The van der Waals surface area contributed by atoms with Gasteiger partial charge in [0.15, 0.2) is 0 Å². The van der Waals surface area contributed by atoms with Gasteiger partial charge in [0.1, 0.15) is 0 Å². The van der Waals surface area contributed by atoms with Gasteiger partial charge in [-0.05, 0) is 39.3 Å². The summed E-state index contributed by atoms with van der Waals surface area (Å²) in [4.78, 5) is 4.11. The Hall–Kier alpha value is -1.05. The molecule has 1 aromatic heterocycles. The van der Waals surface area contributed by atoms with E-state index in [0.29, 0.717) is 0 Å². The van der Waals surface area contributed by atoms with Crippen LogP contribution in [0.1, 0.15) is 26.3 Å². The van der Waals surface area contributed by atoms with Crippen molar-refractivity contribution in [2.75, 3.05) is 5.32 Å². The fraction of sp³-hybridized carbons (Fsp3) is 0.500. The van der Waals surface area contributed by atoms with Crippen molar-refractivity contribution in [3.05, 3.63) is 24.0 Å². The zero-order chi connectivity index (χ0) is 9.19. The van der Waals surface area contributed by atoms with Gasteiger partial charge < -0.3 is 5.32 Å². The third-order valence-corrected chi connectivity index (χ3v) is 1.39. The lowest BCUT2D eigenvalue weighted by Gasteiger charge is -2.21. The molecule has 1 rings (SSSR count). The number of hydrogen-bond donors (Lipinski definition) is 1. The van der Waals surface area contributed by atoms with Crippen LogP contribution in [0.3, 0.4) is 0 Å². The van der Waals surface area contributed by atoms with Gasteiger partial charge >= 0.3 is 0 Å². The molecule has 12 heavy (non-hydrogen) atoms. The van der Waals surface area contributed by atoms with Crippen LogP contribution in [0.5, 0.6) is 0 Å². The van der Waals surface area contributed by atoms with Crippen LogP contribution in [-0.4, -0.2) is 10.5 Å². The summed E-state index contributed by atoms with van der Waals surface area (Å²) in [6, 6.07) is 2.10. The van der Waals surface area contributed by atoms with E-state index < -0.39 is 0 Å². The van der Waals surface area contributed by atoms with Crippen LogP contribution in [0, 0.1) is 6.92 Å². The molecule has 0 unspecified atom stereocenters. The number of nitrogens with zero attached hydrogens (tertiary/aromatic N) is 1. The first-order chi connectivity index (χ1) is 5.47. The maximum Gasteiger partial charge on any atom is 0.0533 e. The molecule has 0 atom stereocenters. The van der Waals surface area contributed by atoms with Gasteiger partial charge in [0.25, 0.3) is 0 Å². The lowest BCUT2D eigenvalue weighted by molar-refractivity contribution is 0.633. The van der Waals surface area contributed by atoms with E-state index in [1.165, 1.54) is 5.56 Å². The maximum atomic E-state index is 4.11. The van der Waals surface area contributed by atoms with E-state index in [1.54, 1.807) is 0 Å². The van der Waals surface area contributed by atoms with E-state index in [0.717, 1.165) is 5.69 Å². The standard InChI is InChI=1S/C10H16N2/c1-8-5-9(7-11-6-8)12-10(2,3)4/h5-7,12H,1-4H3. The largest absolute Gasteiger partial charge is 0.379 e. The Bertz CT molecular complexity index is 261. The van der Waals surface area contributed by atoms with Crippen molar-refractivity contribution in [3.8, 4) is 0 Å². The van der Waals surface area contributed by atoms with Crippen molar-refractivity contribution in [1.82, 2.24) is 4.98 Å². The van der Waals surface area contributed by atoms with Crippen molar-refractivity contribution in [1.29, 1.82) is 0 Å². The Balaban J connectivity index is 2.77. The van der Waals surface area contributed by atoms with E-state index in [9.17, 15) is 0 Å². The minimum Gasteiger partial charge on any atom is -0.379 e. The molecule has 0 aliphatic carbocycles. The number of aromatic nitrogens is 1. The molecule has 2 heteroatoms. The molecule has 1 heterocycles.